The number of aliphatic hydroxyl groups excluding tert-OH is 1. The molecule has 0 fully saturated rings. The van der Waals surface area contributed by atoms with Crippen LogP contribution in [0.3, 0.4) is 0 Å². The van der Waals surface area contributed by atoms with Gasteiger partial charge in [-0.3, -0.25) is 14.2 Å². The highest BCUT2D eigenvalue weighted by molar-refractivity contribution is 7.45. The molecule has 0 aromatic carbocycles. The number of likely N-dealkylation sites (N-methyl/N-ethyl adjacent to an activating group) is 1. The molecule has 0 aromatic rings. The number of phosphoric acid groups is 1. The molecule has 3 atom stereocenters. The molecule has 0 bridgehead atoms. The molecule has 61 heavy (non-hydrogen) atoms. The van der Waals surface area contributed by atoms with Crippen LogP contribution >= 0.6 is 7.82 Å². The fourth-order valence-electron chi connectivity index (χ4n) is 5.05. The molecule has 0 aliphatic carbocycles. The molecular formula is C50H80NO9P. The monoisotopic (exact) mass is 870 g/mol. The van der Waals surface area contributed by atoms with Gasteiger partial charge in [0, 0.05) is 12.8 Å². The lowest BCUT2D eigenvalue weighted by Crippen LogP contribution is -2.37. The summed E-state index contributed by atoms with van der Waals surface area (Å²) in [6, 6.07) is 0. The predicted molar refractivity (Wildman–Crippen MR) is 250 cm³/mol. The summed E-state index contributed by atoms with van der Waals surface area (Å²) in [6.45, 7) is 3.79. The third-order valence-corrected chi connectivity index (χ3v) is 9.52. The maximum atomic E-state index is 12.7. The molecule has 11 heteroatoms. The highest BCUT2D eigenvalue weighted by Gasteiger charge is 2.21. The van der Waals surface area contributed by atoms with Gasteiger partial charge in [-0.25, -0.2) is 0 Å². The minimum Gasteiger partial charge on any atom is -0.756 e. The Bertz CT molecular complexity index is 1460. The first-order valence-electron chi connectivity index (χ1n) is 22.4. The largest absolute Gasteiger partial charge is 0.756 e. The van der Waals surface area contributed by atoms with Crippen LogP contribution in [-0.4, -0.2) is 81.2 Å². The molecule has 0 amide bonds. The van der Waals surface area contributed by atoms with Crippen molar-refractivity contribution in [1.82, 2.24) is 0 Å². The first-order valence-corrected chi connectivity index (χ1v) is 23.8. The van der Waals surface area contributed by atoms with Crippen LogP contribution < -0.4 is 4.89 Å². The Balaban J connectivity index is 4.64. The van der Waals surface area contributed by atoms with Crippen LogP contribution in [0.5, 0.6) is 0 Å². The Labute approximate surface area is 370 Å². The van der Waals surface area contributed by atoms with E-state index in [9.17, 15) is 24.2 Å². The number of unbranched alkanes of at least 4 members (excludes halogenated alkanes) is 4. The second-order valence-electron chi connectivity index (χ2n) is 15.5. The lowest BCUT2D eigenvalue weighted by atomic mass is 10.2. The number of hydrogen-bond donors (Lipinski definition) is 1. The van der Waals surface area contributed by atoms with E-state index < -0.39 is 38.6 Å². The van der Waals surface area contributed by atoms with Crippen molar-refractivity contribution in [2.45, 2.75) is 135 Å². The highest BCUT2D eigenvalue weighted by atomic mass is 31.2. The predicted octanol–water partition coefficient (Wildman–Crippen LogP) is 11.2. The summed E-state index contributed by atoms with van der Waals surface area (Å²) in [5.74, 6) is -1.03. The third kappa shape index (κ3) is 44.2. The van der Waals surface area contributed by atoms with Crippen molar-refractivity contribution in [1.29, 1.82) is 0 Å². The lowest BCUT2D eigenvalue weighted by Gasteiger charge is -2.28. The number of phosphoric ester groups is 1. The fourth-order valence-corrected chi connectivity index (χ4v) is 5.78. The molecular weight excluding hydrogens is 790 g/mol. The molecule has 0 saturated carbocycles. The number of quaternary nitrogens is 1. The first-order chi connectivity index (χ1) is 29.4. The lowest BCUT2D eigenvalue weighted by molar-refractivity contribution is -0.870. The smallest absolute Gasteiger partial charge is 0.306 e. The van der Waals surface area contributed by atoms with E-state index in [0.717, 1.165) is 44.9 Å². The molecule has 0 rings (SSSR count). The summed E-state index contributed by atoms with van der Waals surface area (Å²) < 4.78 is 33.7. The van der Waals surface area contributed by atoms with E-state index in [-0.39, 0.29) is 26.1 Å². The van der Waals surface area contributed by atoms with E-state index in [1.54, 1.807) is 6.08 Å². The number of allylic oxidation sites excluding steroid dienone is 18. The van der Waals surface area contributed by atoms with Crippen LogP contribution in [0.1, 0.15) is 123 Å². The topological polar surface area (TPSA) is 131 Å². The van der Waals surface area contributed by atoms with Gasteiger partial charge in [-0.05, 0) is 83.5 Å². The summed E-state index contributed by atoms with van der Waals surface area (Å²) in [4.78, 5) is 37.5. The summed E-state index contributed by atoms with van der Waals surface area (Å²) in [5, 5.41) is 9.85. The van der Waals surface area contributed by atoms with Gasteiger partial charge in [0.25, 0.3) is 7.82 Å². The van der Waals surface area contributed by atoms with Gasteiger partial charge in [0.15, 0.2) is 6.10 Å². The van der Waals surface area contributed by atoms with Crippen molar-refractivity contribution < 1.29 is 47.2 Å². The van der Waals surface area contributed by atoms with E-state index >= 15 is 0 Å². The van der Waals surface area contributed by atoms with Crippen molar-refractivity contribution in [3.63, 3.8) is 0 Å². The van der Waals surface area contributed by atoms with Gasteiger partial charge in [-0.2, -0.15) is 0 Å². The van der Waals surface area contributed by atoms with Gasteiger partial charge in [0.1, 0.15) is 19.8 Å². The van der Waals surface area contributed by atoms with Gasteiger partial charge in [0.05, 0.1) is 33.9 Å². The summed E-state index contributed by atoms with van der Waals surface area (Å²) in [7, 11) is 1.04. The number of carbonyl (C=O) groups is 2. The molecule has 0 aliphatic heterocycles. The molecule has 0 heterocycles. The molecule has 0 spiro atoms. The van der Waals surface area contributed by atoms with Crippen LogP contribution in [0.25, 0.3) is 0 Å². The van der Waals surface area contributed by atoms with Crippen molar-refractivity contribution in [3.8, 4) is 0 Å². The zero-order valence-electron chi connectivity index (χ0n) is 38.2. The van der Waals surface area contributed by atoms with Crippen LogP contribution in [0.4, 0.5) is 0 Å². The number of nitrogens with zero attached hydrogens (tertiary/aromatic N) is 1. The normalized spacial score (nSPS) is 15.2. The first kappa shape index (κ1) is 57.4. The zero-order chi connectivity index (χ0) is 45.1. The zero-order valence-corrected chi connectivity index (χ0v) is 39.1. The Kier molecular flexibility index (Phi) is 38.0. The second kappa shape index (κ2) is 40.4. The Morgan fingerprint density at radius 1 is 0.623 bits per heavy atom. The van der Waals surface area contributed by atoms with Crippen molar-refractivity contribution >= 4 is 19.8 Å². The average molecular weight is 870 g/mol. The fraction of sp³-hybridized carbons (Fsp3) is 0.560. The Hall–Kier alpha value is -3.63. The van der Waals surface area contributed by atoms with Crippen LogP contribution in [0.2, 0.25) is 0 Å². The van der Waals surface area contributed by atoms with Crippen LogP contribution in [0, 0.1) is 0 Å². The maximum Gasteiger partial charge on any atom is 0.306 e. The quantitative estimate of drug-likeness (QED) is 0.0161. The Morgan fingerprint density at radius 2 is 1.16 bits per heavy atom. The number of ether oxygens (including phenoxy) is 2. The van der Waals surface area contributed by atoms with Gasteiger partial charge in [-0.15, -0.1) is 0 Å². The second-order valence-corrected chi connectivity index (χ2v) is 16.9. The molecule has 1 N–H and O–H groups in total. The number of carbonyl (C=O) groups excluding carboxylic acids is 2. The Morgan fingerprint density at radius 3 is 1.72 bits per heavy atom. The molecule has 0 saturated heterocycles. The van der Waals surface area contributed by atoms with Gasteiger partial charge in [0.2, 0.25) is 0 Å². The molecule has 10 nitrogen and oxygen atoms in total. The minimum absolute atomic E-state index is 0.0646. The molecule has 344 valence electrons. The minimum atomic E-state index is -4.68. The number of rotatable bonds is 38. The third-order valence-electron chi connectivity index (χ3n) is 8.56. The van der Waals surface area contributed by atoms with E-state index in [0.29, 0.717) is 43.1 Å². The number of hydrogen-bond acceptors (Lipinski definition) is 9. The summed E-state index contributed by atoms with van der Waals surface area (Å²) >= 11 is 0. The van der Waals surface area contributed by atoms with Crippen molar-refractivity contribution in [2.24, 2.45) is 0 Å². The van der Waals surface area contributed by atoms with E-state index in [1.807, 2.05) is 75.8 Å². The van der Waals surface area contributed by atoms with Crippen LogP contribution in [-0.2, 0) is 32.7 Å². The van der Waals surface area contributed by atoms with Crippen molar-refractivity contribution in [3.05, 3.63) is 122 Å². The van der Waals surface area contributed by atoms with Crippen LogP contribution in [0.15, 0.2) is 122 Å². The van der Waals surface area contributed by atoms with Gasteiger partial charge in [-0.1, -0.05) is 148 Å². The molecule has 0 aliphatic rings. The van der Waals surface area contributed by atoms with E-state index in [1.165, 1.54) is 19.3 Å². The summed E-state index contributed by atoms with van der Waals surface area (Å²) in [6.07, 6.45) is 52.9. The number of aliphatic hydroxyl groups is 1. The summed E-state index contributed by atoms with van der Waals surface area (Å²) in [5.41, 5.74) is 0. The van der Waals surface area contributed by atoms with Crippen molar-refractivity contribution in [2.75, 3.05) is 47.5 Å². The average Bonchev–Trinajstić information content (AvgIpc) is 3.21. The van der Waals surface area contributed by atoms with E-state index in [4.69, 9.17) is 18.5 Å². The van der Waals surface area contributed by atoms with Gasteiger partial charge < -0.3 is 33.0 Å². The molecule has 0 radical (unpaired) electrons. The van der Waals surface area contributed by atoms with Gasteiger partial charge >= 0.3 is 11.9 Å². The van der Waals surface area contributed by atoms with E-state index in [2.05, 4.69) is 74.6 Å². The number of esters is 2. The molecule has 0 aromatic heterocycles. The SMILES string of the molecule is CC/C=C\CC(O)/C=C/C=C/C/C=C\C/C=C\C/C=C\CCC(=O)O[C@H](COC(=O)CCC/C=C\C/C=C\C/C=C\C/C=C\CCCCC)COP(=O)([O-])OCC[N+](C)(C)C. The maximum absolute atomic E-state index is 12.7. The molecule has 2 unspecified atom stereocenters. The highest BCUT2D eigenvalue weighted by Crippen LogP contribution is 2.38. The standard InChI is InChI=1S/C50H80NO9P/c1-6-8-10-11-12-13-14-15-16-17-18-21-24-27-30-33-37-41-49(53)57-45-48(46-59-61(55,56)58-44-43-51(3,4)5)60-50(54)42-38-34-31-28-25-22-19-20-23-26-29-32-36-40-47(52)39-35-9-7-2/h9,12-13,15-16,18,20-23,25,27,29-32,34-36,40,47-48,52H,6-8,10-11,14,17,19,24,26,28,33,37-39,41-46H2,1-5H3/b13-12-,16-15-,21-18-,23-20-,25-22-,30-27-,32-29+,34-31-,35-9-,40-36+/t47?,48-/m1/s1.